The van der Waals surface area contributed by atoms with Crippen LogP contribution in [0.25, 0.3) is 10.9 Å². The molecule has 1 heterocycles. The van der Waals surface area contributed by atoms with E-state index in [1.807, 2.05) is 24.3 Å². The van der Waals surface area contributed by atoms with Gasteiger partial charge in [0.15, 0.2) is 0 Å². The van der Waals surface area contributed by atoms with Gasteiger partial charge in [0.05, 0.1) is 6.04 Å². The SMILES string of the molecule is CC(C)C(NC(=O)C(CCC(=O)O)NC(=O)C(N)Cc1c[nH]c2ccccc12)C(=O)NC(CS)C(=O)O. The Balaban J connectivity index is 2.12. The molecule has 2 rings (SSSR count). The highest BCUT2D eigenvalue weighted by atomic mass is 32.1. The zero-order chi connectivity index (χ0) is 27.7. The number of nitrogens with two attached hydrogens (primary N) is 1. The number of aliphatic carboxylic acids is 2. The van der Waals surface area contributed by atoms with Crippen LogP contribution in [0.5, 0.6) is 0 Å². The molecule has 3 amide bonds. The number of carbonyl (C=O) groups excluding carboxylic acids is 3. The maximum atomic E-state index is 13.0. The van der Waals surface area contributed by atoms with Crippen molar-refractivity contribution >= 4 is 53.2 Å². The summed E-state index contributed by atoms with van der Waals surface area (Å²) < 4.78 is 0. The topological polar surface area (TPSA) is 204 Å². The Morgan fingerprint density at radius 1 is 0.973 bits per heavy atom. The first kappa shape index (κ1) is 29.6. The molecule has 8 N–H and O–H groups in total. The van der Waals surface area contributed by atoms with E-state index in [9.17, 15) is 24.0 Å². The number of amides is 3. The van der Waals surface area contributed by atoms with Crippen LogP contribution in [0, 0.1) is 5.92 Å². The van der Waals surface area contributed by atoms with Gasteiger partial charge in [-0.2, -0.15) is 12.6 Å². The van der Waals surface area contributed by atoms with E-state index in [-0.39, 0.29) is 18.6 Å². The van der Waals surface area contributed by atoms with E-state index < -0.39 is 66.2 Å². The molecule has 0 aliphatic carbocycles. The van der Waals surface area contributed by atoms with Crippen LogP contribution in [-0.4, -0.2) is 74.8 Å². The van der Waals surface area contributed by atoms with Gasteiger partial charge in [-0.3, -0.25) is 19.2 Å². The lowest BCUT2D eigenvalue weighted by Crippen LogP contribution is -2.58. The minimum atomic E-state index is -1.29. The molecule has 4 unspecified atom stereocenters. The Labute approximate surface area is 219 Å². The summed E-state index contributed by atoms with van der Waals surface area (Å²) in [6.07, 6.45) is 1.25. The van der Waals surface area contributed by atoms with Crippen molar-refractivity contribution in [1.82, 2.24) is 20.9 Å². The van der Waals surface area contributed by atoms with Crippen molar-refractivity contribution in [2.24, 2.45) is 11.7 Å². The van der Waals surface area contributed by atoms with Gasteiger partial charge in [-0.15, -0.1) is 0 Å². The predicted molar refractivity (Wildman–Crippen MR) is 139 cm³/mol. The van der Waals surface area contributed by atoms with Gasteiger partial charge >= 0.3 is 11.9 Å². The van der Waals surface area contributed by atoms with Crippen molar-refractivity contribution in [1.29, 1.82) is 0 Å². The quantitative estimate of drug-likeness (QED) is 0.155. The van der Waals surface area contributed by atoms with Gasteiger partial charge in [0.1, 0.15) is 18.1 Å². The van der Waals surface area contributed by atoms with Crippen LogP contribution in [0.3, 0.4) is 0 Å². The molecule has 1 aromatic heterocycles. The van der Waals surface area contributed by atoms with Gasteiger partial charge in [0.25, 0.3) is 0 Å². The number of carboxylic acid groups (broad SMARTS) is 2. The number of para-hydroxylation sites is 1. The monoisotopic (exact) mass is 535 g/mol. The van der Waals surface area contributed by atoms with Gasteiger partial charge < -0.3 is 36.9 Å². The summed E-state index contributed by atoms with van der Waals surface area (Å²) in [6, 6.07) is 2.76. The summed E-state index contributed by atoms with van der Waals surface area (Å²) in [7, 11) is 0. The summed E-state index contributed by atoms with van der Waals surface area (Å²) in [5.41, 5.74) is 7.78. The molecule has 13 heteroatoms. The molecule has 12 nitrogen and oxygen atoms in total. The number of aromatic amines is 1. The standard InChI is InChI=1S/C24H33N5O7S/c1-12(2)20(23(34)28-18(11-37)24(35)36)29-22(33)17(7-8-19(30)31)27-21(32)15(25)9-13-10-26-16-6-4-3-5-14(13)16/h3-6,10,12,15,17-18,20,26,37H,7-9,11,25H2,1-2H3,(H,27,32)(H,28,34)(H,29,33)(H,30,31)(H,35,36). The fourth-order valence-corrected chi connectivity index (χ4v) is 3.93. The first-order valence-corrected chi connectivity index (χ1v) is 12.3. The first-order chi connectivity index (χ1) is 17.4. The molecule has 1 aromatic carbocycles. The Bertz CT molecular complexity index is 1140. The second-order valence-electron chi connectivity index (χ2n) is 8.98. The zero-order valence-corrected chi connectivity index (χ0v) is 21.5. The van der Waals surface area contributed by atoms with Crippen molar-refractivity contribution < 1.29 is 34.2 Å². The molecule has 0 aliphatic rings. The van der Waals surface area contributed by atoms with Gasteiger partial charge in [0, 0.05) is 29.3 Å². The number of benzene rings is 1. The van der Waals surface area contributed by atoms with Crippen molar-refractivity contribution in [3.8, 4) is 0 Å². The van der Waals surface area contributed by atoms with E-state index >= 15 is 0 Å². The summed E-state index contributed by atoms with van der Waals surface area (Å²) in [5, 5.41) is 26.5. The number of hydrogen-bond acceptors (Lipinski definition) is 7. The highest BCUT2D eigenvalue weighted by Gasteiger charge is 2.32. The van der Waals surface area contributed by atoms with Gasteiger partial charge in [-0.25, -0.2) is 4.79 Å². The zero-order valence-electron chi connectivity index (χ0n) is 20.6. The average molecular weight is 536 g/mol. The Hall–Kier alpha value is -3.58. The molecular weight excluding hydrogens is 502 g/mol. The van der Waals surface area contributed by atoms with Crippen LogP contribution in [0.15, 0.2) is 30.5 Å². The minimum absolute atomic E-state index is 0.161. The van der Waals surface area contributed by atoms with Gasteiger partial charge in [-0.05, 0) is 30.4 Å². The molecule has 37 heavy (non-hydrogen) atoms. The number of rotatable bonds is 14. The van der Waals surface area contributed by atoms with Crippen LogP contribution < -0.4 is 21.7 Å². The Morgan fingerprint density at radius 2 is 1.62 bits per heavy atom. The lowest BCUT2D eigenvalue weighted by molar-refractivity contribution is -0.142. The Morgan fingerprint density at radius 3 is 2.22 bits per heavy atom. The van der Waals surface area contributed by atoms with E-state index in [1.54, 1.807) is 20.0 Å². The van der Waals surface area contributed by atoms with Crippen LogP contribution in [0.2, 0.25) is 0 Å². The van der Waals surface area contributed by atoms with Crippen LogP contribution in [0.4, 0.5) is 0 Å². The van der Waals surface area contributed by atoms with Crippen LogP contribution in [0.1, 0.15) is 32.3 Å². The molecule has 0 aliphatic heterocycles. The third-order valence-corrected chi connectivity index (χ3v) is 6.14. The number of nitrogens with one attached hydrogen (secondary N) is 4. The van der Waals surface area contributed by atoms with Gasteiger partial charge in [0.2, 0.25) is 17.7 Å². The number of H-pyrrole nitrogens is 1. The van der Waals surface area contributed by atoms with Gasteiger partial charge in [-0.1, -0.05) is 32.0 Å². The van der Waals surface area contributed by atoms with E-state index in [2.05, 4.69) is 33.6 Å². The average Bonchev–Trinajstić information content (AvgIpc) is 3.25. The molecule has 202 valence electrons. The summed E-state index contributed by atoms with van der Waals surface area (Å²) in [5.74, 6) is -5.27. The van der Waals surface area contributed by atoms with Crippen molar-refractivity contribution in [2.45, 2.75) is 57.3 Å². The van der Waals surface area contributed by atoms with Crippen LogP contribution in [-0.2, 0) is 30.4 Å². The molecular formula is C24H33N5O7S. The molecule has 0 fully saturated rings. The van der Waals surface area contributed by atoms with E-state index in [0.717, 1.165) is 16.5 Å². The lowest BCUT2D eigenvalue weighted by atomic mass is 10.0. The summed E-state index contributed by atoms with van der Waals surface area (Å²) in [4.78, 5) is 64.0. The Kier molecular flexibility index (Phi) is 10.9. The van der Waals surface area contributed by atoms with E-state index in [1.165, 1.54) is 0 Å². The molecule has 2 aromatic rings. The van der Waals surface area contributed by atoms with Crippen LogP contribution >= 0.6 is 12.6 Å². The third kappa shape index (κ3) is 8.50. The summed E-state index contributed by atoms with van der Waals surface area (Å²) >= 11 is 3.91. The number of carboxylic acids is 2. The predicted octanol–water partition coefficient (Wildman–Crippen LogP) is 0.0273. The number of carbonyl (C=O) groups is 5. The number of hydrogen-bond donors (Lipinski definition) is 8. The smallest absolute Gasteiger partial charge is 0.327 e. The fourth-order valence-electron chi connectivity index (χ4n) is 3.68. The largest absolute Gasteiger partial charge is 0.481 e. The van der Waals surface area contributed by atoms with Crippen molar-refractivity contribution in [2.75, 3.05) is 5.75 Å². The number of aromatic nitrogens is 1. The number of fused-ring (bicyclic) bond motifs is 1. The van der Waals surface area contributed by atoms with E-state index in [0.29, 0.717) is 0 Å². The maximum Gasteiger partial charge on any atom is 0.327 e. The van der Waals surface area contributed by atoms with Crippen molar-refractivity contribution in [3.05, 3.63) is 36.0 Å². The lowest BCUT2D eigenvalue weighted by Gasteiger charge is -2.26. The van der Waals surface area contributed by atoms with E-state index in [4.69, 9.17) is 15.9 Å². The fraction of sp³-hybridized carbons (Fsp3) is 0.458. The molecule has 0 radical (unpaired) electrons. The third-order valence-electron chi connectivity index (χ3n) is 5.78. The molecule has 0 spiro atoms. The second kappa shape index (κ2) is 13.7. The highest BCUT2D eigenvalue weighted by Crippen LogP contribution is 2.19. The molecule has 4 atom stereocenters. The second-order valence-corrected chi connectivity index (χ2v) is 9.34. The molecule has 0 saturated heterocycles. The molecule has 0 bridgehead atoms. The van der Waals surface area contributed by atoms with Crippen molar-refractivity contribution in [3.63, 3.8) is 0 Å². The highest BCUT2D eigenvalue weighted by molar-refractivity contribution is 7.80. The first-order valence-electron chi connectivity index (χ1n) is 11.7. The maximum absolute atomic E-state index is 13.0. The molecule has 0 saturated carbocycles. The summed E-state index contributed by atoms with van der Waals surface area (Å²) in [6.45, 7) is 3.28. The minimum Gasteiger partial charge on any atom is -0.481 e. The normalized spacial score (nSPS) is 14.4. The number of thiol groups is 1.